The van der Waals surface area contributed by atoms with Crippen molar-refractivity contribution in [3.8, 4) is 28.6 Å². The van der Waals surface area contributed by atoms with Gasteiger partial charge in [0.25, 0.3) is 0 Å². The molecule has 2 heterocycles. The molecular weight excluding hydrogens is 405 g/mol. The Kier molecular flexibility index (Phi) is 5.03. The molecule has 0 spiro atoms. The van der Waals surface area contributed by atoms with Crippen LogP contribution in [0.15, 0.2) is 85.5 Å². The maximum Gasteiger partial charge on any atom is 0.199 e. The highest BCUT2D eigenvalue weighted by Gasteiger charge is 2.13. The van der Waals surface area contributed by atoms with E-state index < -0.39 is 0 Å². The summed E-state index contributed by atoms with van der Waals surface area (Å²) in [6.07, 6.45) is 6.99. The molecule has 0 fully saturated rings. The molecule has 158 valence electrons. The summed E-state index contributed by atoms with van der Waals surface area (Å²) in [5, 5.41) is 12.6. The van der Waals surface area contributed by atoms with Gasteiger partial charge in [-0.2, -0.15) is 0 Å². The van der Waals surface area contributed by atoms with E-state index in [9.17, 15) is 9.50 Å². The van der Waals surface area contributed by atoms with Crippen molar-refractivity contribution in [1.82, 2.24) is 14.5 Å². The van der Waals surface area contributed by atoms with E-state index in [0.717, 1.165) is 33.2 Å². The fraction of sp³-hybridized carbons (Fsp3) is 0.0769. The molecule has 5 rings (SSSR count). The lowest BCUT2D eigenvalue weighted by molar-refractivity contribution is 0.430. The number of benzene rings is 3. The predicted octanol–water partition coefficient (Wildman–Crippen LogP) is 6.09. The van der Waals surface area contributed by atoms with Crippen LogP contribution in [0, 0.1) is 12.7 Å². The molecule has 5 aromatic rings. The summed E-state index contributed by atoms with van der Waals surface area (Å²) in [5.74, 6) is 1.16. The Labute approximate surface area is 184 Å². The average Bonchev–Trinajstić information content (AvgIpc) is 3.12. The molecule has 0 saturated heterocycles. The lowest BCUT2D eigenvalue weighted by Crippen LogP contribution is -1.97. The number of aromatic nitrogens is 3. The lowest BCUT2D eigenvalue weighted by atomic mass is 10.0. The molecule has 5 nitrogen and oxygen atoms in total. The first-order chi connectivity index (χ1) is 15.6. The second kappa shape index (κ2) is 8.15. The van der Waals surface area contributed by atoms with E-state index in [-0.39, 0.29) is 11.7 Å². The topological polar surface area (TPSA) is 60.2 Å². The van der Waals surface area contributed by atoms with Gasteiger partial charge >= 0.3 is 0 Å². The zero-order valence-corrected chi connectivity index (χ0v) is 17.4. The van der Waals surface area contributed by atoms with Crippen LogP contribution in [0.2, 0.25) is 0 Å². The molecule has 0 saturated carbocycles. The van der Waals surface area contributed by atoms with Crippen molar-refractivity contribution in [2.24, 2.45) is 0 Å². The van der Waals surface area contributed by atoms with Gasteiger partial charge in [-0.1, -0.05) is 12.1 Å². The van der Waals surface area contributed by atoms with E-state index in [2.05, 4.69) is 9.97 Å². The van der Waals surface area contributed by atoms with Crippen LogP contribution >= 0.6 is 0 Å². The number of aryl methyl sites for hydroxylation is 1. The van der Waals surface area contributed by atoms with Crippen LogP contribution in [0.3, 0.4) is 0 Å². The van der Waals surface area contributed by atoms with Gasteiger partial charge < -0.3 is 14.4 Å². The van der Waals surface area contributed by atoms with Crippen molar-refractivity contribution >= 4 is 10.8 Å². The van der Waals surface area contributed by atoms with E-state index in [1.807, 2.05) is 54.1 Å². The van der Waals surface area contributed by atoms with Crippen LogP contribution in [-0.4, -0.2) is 19.6 Å². The maximum atomic E-state index is 13.0. The highest BCUT2D eigenvalue weighted by atomic mass is 19.1. The molecule has 2 aromatic heterocycles. The summed E-state index contributed by atoms with van der Waals surface area (Å²) in [6.45, 7) is 2.49. The lowest BCUT2D eigenvalue weighted by Gasteiger charge is -2.08. The first-order valence-corrected chi connectivity index (χ1v) is 10.2. The monoisotopic (exact) mass is 425 g/mol. The van der Waals surface area contributed by atoms with E-state index in [4.69, 9.17) is 4.74 Å². The second-order valence-corrected chi connectivity index (χ2v) is 7.63. The van der Waals surface area contributed by atoms with E-state index in [0.29, 0.717) is 18.0 Å². The van der Waals surface area contributed by atoms with Gasteiger partial charge in [0, 0.05) is 34.9 Å². The first kappa shape index (κ1) is 19.8. The molecule has 3 aromatic carbocycles. The van der Waals surface area contributed by atoms with Gasteiger partial charge in [0.05, 0.1) is 18.4 Å². The normalized spacial score (nSPS) is 11.1. The molecule has 0 aliphatic carbocycles. The fourth-order valence-corrected chi connectivity index (χ4v) is 3.81. The van der Waals surface area contributed by atoms with Gasteiger partial charge in [-0.05, 0) is 66.6 Å². The molecule has 32 heavy (non-hydrogen) atoms. The van der Waals surface area contributed by atoms with Crippen molar-refractivity contribution in [2.75, 3.05) is 0 Å². The number of fused-ring (bicyclic) bond motifs is 1. The van der Waals surface area contributed by atoms with Gasteiger partial charge in [-0.25, -0.2) is 4.39 Å². The minimum atomic E-state index is -0.300. The summed E-state index contributed by atoms with van der Waals surface area (Å²) < 4.78 is 20.6. The summed E-state index contributed by atoms with van der Waals surface area (Å²) >= 11 is 0. The molecule has 0 radical (unpaired) electrons. The predicted molar refractivity (Wildman–Crippen MR) is 121 cm³/mol. The molecule has 6 heteroatoms. The fourth-order valence-electron chi connectivity index (χ4n) is 3.81. The minimum absolute atomic E-state index is 0.231. The van der Waals surface area contributed by atoms with Crippen molar-refractivity contribution in [2.45, 2.75) is 13.5 Å². The number of hydrogen-bond donors (Lipinski definition) is 1. The Balaban J connectivity index is 1.39. The third-order valence-electron chi connectivity index (χ3n) is 5.34. The van der Waals surface area contributed by atoms with Crippen LogP contribution in [0.4, 0.5) is 4.39 Å². The molecule has 0 aliphatic rings. The van der Waals surface area contributed by atoms with Crippen molar-refractivity contribution in [3.05, 3.63) is 102 Å². The summed E-state index contributed by atoms with van der Waals surface area (Å²) in [5.41, 5.74) is 3.74. The molecular formula is C26H20FN3O2. The number of halogens is 1. The Morgan fingerprint density at radius 1 is 0.969 bits per heavy atom. The average molecular weight is 425 g/mol. The number of rotatable bonds is 5. The zero-order valence-electron chi connectivity index (χ0n) is 17.4. The zero-order chi connectivity index (χ0) is 22.1. The highest BCUT2D eigenvalue weighted by Crippen LogP contribution is 2.34. The van der Waals surface area contributed by atoms with E-state index in [1.54, 1.807) is 30.7 Å². The highest BCUT2D eigenvalue weighted by molar-refractivity contribution is 5.94. The third kappa shape index (κ3) is 3.90. The first-order valence-electron chi connectivity index (χ1n) is 10.2. The third-order valence-corrected chi connectivity index (χ3v) is 5.34. The molecule has 0 bridgehead atoms. The quantitative estimate of drug-likeness (QED) is 0.370. The number of nitrogens with zero attached hydrogens (tertiary/aromatic N) is 3. The molecule has 0 atom stereocenters. The largest absolute Gasteiger partial charge is 0.494 e. The number of hydrogen-bond acceptors (Lipinski definition) is 4. The van der Waals surface area contributed by atoms with Gasteiger partial charge in [0.15, 0.2) is 5.88 Å². The van der Waals surface area contributed by atoms with Crippen molar-refractivity contribution in [1.29, 1.82) is 0 Å². The Bertz CT molecular complexity index is 1380. The van der Waals surface area contributed by atoms with Crippen LogP contribution in [0.1, 0.15) is 11.1 Å². The van der Waals surface area contributed by atoms with Gasteiger partial charge in [-0.3, -0.25) is 9.97 Å². The van der Waals surface area contributed by atoms with Crippen LogP contribution in [0.5, 0.6) is 17.4 Å². The molecule has 0 unspecified atom stereocenters. The van der Waals surface area contributed by atoms with E-state index >= 15 is 0 Å². The van der Waals surface area contributed by atoms with Crippen molar-refractivity contribution < 1.29 is 14.2 Å². The van der Waals surface area contributed by atoms with Gasteiger partial charge in [0.1, 0.15) is 17.3 Å². The van der Waals surface area contributed by atoms with Crippen LogP contribution in [0.25, 0.3) is 22.0 Å². The second-order valence-electron chi connectivity index (χ2n) is 7.63. The summed E-state index contributed by atoms with van der Waals surface area (Å²) in [7, 11) is 0. The molecule has 1 N–H and O–H groups in total. The Morgan fingerprint density at radius 2 is 1.69 bits per heavy atom. The number of ether oxygens (including phenoxy) is 1. The standard InChI is InChI=1S/C26H20FN3O2/c1-17-12-19(24-14-28-10-11-29-24)13-20-16-30(26(31)25(17)20)15-18-2-6-22(7-3-18)32-23-8-4-21(27)5-9-23/h2-14,16,31H,15H2,1H3. The molecule has 0 amide bonds. The van der Waals surface area contributed by atoms with Crippen molar-refractivity contribution in [3.63, 3.8) is 0 Å². The SMILES string of the molecule is Cc1cc(-c2cnccn2)cc2cn(Cc3ccc(Oc4ccc(F)cc4)cc3)c(O)c12. The molecule has 0 aliphatic heterocycles. The Hall–Kier alpha value is -4.19. The van der Waals surface area contributed by atoms with E-state index in [1.165, 1.54) is 12.1 Å². The Morgan fingerprint density at radius 3 is 2.38 bits per heavy atom. The van der Waals surface area contributed by atoms with Gasteiger partial charge in [0.2, 0.25) is 0 Å². The summed E-state index contributed by atoms with van der Waals surface area (Å²) in [4.78, 5) is 8.52. The maximum absolute atomic E-state index is 13.0. The van der Waals surface area contributed by atoms with Gasteiger partial charge in [-0.15, -0.1) is 0 Å². The summed E-state index contributed by atoms with van der Waals surface area (Å²) in [6, 6.07) is 17.5. The minimum Gasteiger partial charge on any atom is -0.494 e. The smallest absolute Gasteiger partial charge is 0.199 e. The van der Waals surface area contributed by atoms with Crippen LogP contribution in [-0.2, 0) is 6.54 Å². The number of aromatic hydroxyl groups is 1. The van der Waals surface area contributed by atoms with Crippen LogP contribution < -0.4 is 4.74 Å².